The second-order valence-electron chi connectivity index (χ2n) is 6.28. The van der Waals surface area contributed by atoms with Gasteiger partial charge >= 0.3 is 5.97 Å². The van der Waals surface area contributed by atoms with Crippen LogP contribution in [0.3, 0.4) is 0 Å². The Hall–Kier alpha value is -4.00. The van der Waals surface area contributed by atoms with E-state index in [0.717, 1.165) is 12.0 Å². The normalized spacial score (nSPS) is 10.5. The van der Waals surface area contributed by atoms with E-state index >= 15 is 0 Å². The van der Waals surface area contributed by atoms with Crippen molar-refractivity contribution in [3.05, 3.63) is 96.3 Å². The monoisotopic (exact) mass is 386 g/mol. The summed E-state index contributed by atoms with van der Waals surface area (Å²) in [6.07, 6.45) is 2.19. The second-order valence-corrected chi connectivity index (χ2v) is 6.28. The molecule has 3 aromatic carbocycles. The number of ether oxygens (including phenoxy) is 2. The number of benzene rings is 3. The van der Waals surface area contributed by atoms with Crippen LogP contribution in [0.25, 0.3) is 5.69 Å². The number of hydrogen-bond donors (Lipinski definition) is 0. The van der Waals surface area contributed by atoms with Crippen LogP contribution in [0.1, 0.15) is 11.1 Å². The Morgan fingerprint density at radius 3 is 2.59 bits per heavy atom. The van der Waals surface area contributed by atoms with Crippen molar-refractivity contribution in [3.63, 3.8) is 0 Å². The molecule has 0 aliphatic rings. The van der Waals surface area contributed by atoms with Gasteiger partial charge < -0.3 is 9.47 Å². The maximum absolute atomic E-state index is 12.3. The Balaban J connectivity index is 1.39. The van der Waals surface area contributed by atoms with Crippen LogP contribution >= 0.6 is 0 Å². The first-order chi connectivity index (χ1) is 14.3. The van der Waals surface area contributed by atoms with E-state index in [4.69, 9.17) is 9.47 Å². The van der Waals surface area contributed by atoms with Crippen LogP contribution in [0, 0.1) is 0 Å². The molecule has 144 valence electrons. The van der Waals surface area contributed by atoms with Crippen molar-refractivity contribution in [2.24, 2.45) is 0 Å². The van der Waals surface area contributed by atoms with Crippen LogP contribution in [-0.2, 0) is 11.2 Å². The average molecular weight is 386 g/mol. The summed E-state index contributed by atoms with van der Waals surface area (Å²) in [7, 11) is 0. The lowest BCUT2D eigenvalue weighted by molar-refractivity contribution is -0.136. The van der Waals surface area contributed by atoms with Crippen molar-refractivity contribution in [1.82, 2.24) is 20.2 Å². The molecule has 0 radical (unpaired) electrons. The summed E-state index contributed by atoms with van der Waals surface area (Å²) >= 11 is 0. The summed E-state index contributed by atoms with van der Waals surface area (Å²) in [5, 5.41) is 11.0. The van der Waals surface area contributed by atoms with Crippen molar-refractivity contribution >= 4 is 5.97 Å². The minimum Gasteiger partial charge on any atom is -0.482 e. The van der Waals surface area contributed by atoms with Crippen molar-refractivity contribution in [3.8, 4) is 17.2 Å². The van der Waals surface area contributed by atoms with Gasteiger partial charge in [-0.1, -0.05) is 54.6 Å². The van der Waals surface area contributed by atoms with E-state index in [-0.39, 0.29) is 6.61 Å². The highest BCUT2D eigenvalue weighted by molar-refractivity contribution is 5.74. The number of tetrazole rings is 1. The molecule has 0 aliphatic heterocycles. The Morgan fingerprint density at radius 1 is 0.931 bits per heavy atom. The smallest absolute Gasteiger partial charge is 0.349 e. The lowest BCUT2D eigenvalue weighted by atomic mass is 10.0. The molecular formula is C22H18N4O3. The third kappa shape index (κ3) is 4.84. The van der Waals surface area contributed by atoms with Gasteiger partial charge in [-0.15, -0.1) is 5.10 Å². The predicted molar refractivity (Wildman–Crippen MR) is 106 cm³/mol. The van der Waals surface area contributed by atoms with Crippen molar-refractivity contribution in [1.29, 1.82) is 0 Å². The number of esters is 1. The highest BCUT2D eigenvalue weighted by Crippen LogP contribution is 2.22. The number of hydrogen-bond acceptors (Lipinski definition) is 6. The summed E-state index contributed by atoms with van der Waals surface area (Å²) in [6.45, 7) is -0.194. The van der Waals surface area contributed by atoms with Crippen LogP contribution in [0.4, 0.5) is 0 Å². The van der Waals surface area contributed by atoms with Crippen LogP contribution in [0.5, 0.6) is 11.5 Å². The zero-order chi connectivity index (χ0) is 19.9. The fourth-order valence-corrected chi connectivity index (χ4v) is 2.87. The van der Waals surface area contributed by atoms with E-state index in [1.807, 2.05) is 48.5 Å². The van der Waals surface area contributed by atoms with Gasteiger partial charge in [0.2, 0.25) is 0 Å². The number of carbonyl (C=O) groups excluding carboxylic acids is 1. The Morgan fingerprint density at radius 2 is 1.76 bits per heavy atom. The number of rotatable bonds is 7. The van der Waals surface area contributed by atoms with Gasteiger partial charge in [0, 0.05) is 12.5 Å². The fraction of sp³-hybridized carbons (Fsp3) is 0.0909. The van der Waals surface area contributed by atoms with E-state index in [1.54, 1.807) is 18.2 Å². The number of nitrogens with zero attached hydrogens (tertiary/aromatic N) is 4. The summed E-state index contributed by atoms with van der Waals surface area (Å²) < 4.78 is 12.6. The van der Waals surface area contributed by atoms with E-state index in [1.165, 1.54) is 16.6 Å². The summed E-state index contributed by atoms with van der Waals surface area (Å²) in [6, 6.07) is 24.7. The SMILES string of the molecule is O=C(COc1ccccc1Cc1ccccc1)Oc1cccc(-n2cnnn2)c1. The van der Waals surface area contributed by atoms with Gasteiger partial charge in [0.25, 0.3) is 0 Å². The Bertz CT molecular complexity index is 1080. The minimum absolute atomic E-state index is 0.194. The molecule has 0 bridgehead atoms. The highest BCUT2D eigenvalue weighted by atomic mass is 16.6. The third-order valence-corrected chi connectivity index (χ3v) is 4.22. The molecule has 0 spiro atoms. The van der Waals surface area contributed by atoms with Gasteiger partial charge in [0.15, 0.2) is 6.61 Å². The number of aromatic nitrogens is 4. The largest absolute Gasteiger partial charge is 0.482 e. The predicted octanol–water partition coefficient (Wildman–Crippen LogP) is 3.24. The minimum atomic E-state index is -0.492. The molecule has 29 heavy (non-hydrogen) atoms. The zero-order valence-electron chi connectivity index (χ0n) is 15.5. The van der Waals surface area contributed by atoms with Crippen LogP contribution in [-0.4, -0.2) is 32.8 Å². The highest BCUT2D eigenvalue weighted by Gasteiger charge is 2.10. The summed E-state index contributed by atoms with van der Waals surface area (Å²) in [4.78, 5) is 12.3. The molecule has 1 heterocycles. The van der Waals surface area contributed by atoms with E-state index < -0.39 is 5.97 Å². The average Bonchev–Trinajstić information content (AvgIpc) is 3.29. The van der Waals surface area contributed by atoms with E-state index in [0.29, 0.717) is 17.2 Å². The molecule has 0 saturated carbocycles. The molecule has 0 saturated heterocycles. The van der Waals surface area contributed by atoms with Gasteiger partial charge in [-0.3, -0.25) is 0 Å². The van der Waals surface area contributed by atoms with Crippen molar-refractivity contribution in [2.75, 3.05) is 6.61 Å². The molecule has 0 aliphatic carbocycles. The van der Waals surface area contributed by atoms with Gasteiger partial charge in [0.05, 0.1) is 5.69 Å². The fourth-order valence-electron chi connectivity index (χ4n) is 2.87. The van der Waals surface area contributed by atoms with Crippen LogP contribution in [0.15, 0.2) is 85.2 Å². The van der Waals surface area contributed by atoms with Gasteiger partial charge in [0.1, 0.15) is 17.8 Å². The van der Waals surface area contributed by atoms with Gasteiger partial charge in [-0.05, 0) is 39.8 Å². The van der Waals surface area contributed by atoms with Crippen molar-refractivity contribution in [2.45, 2.75) is 6.42 Å². The Labute approximate surface area is 167 Å². The molecule has 0 atom stereocenters. The quantitative estimate of drug-likeness (QED) is 0.358. The maximum atomic E-state index is 12.3. The molecule has 7 heteroatoms. The third-order valence-electron chi connectivity index (χ3n) is 4.22. The molecule has 4 aromatic rings. The Kier molecular flexibility index (Phi) is 5.57. The molecule has 0 N–H and O–H groups in total. The molecular weight excluding hydrogens is 368 g/mol. The first-order valence-corrected chi connectivity index (χ1v) is 9.07. The second kappa shape index (κ2) is 8.79. The molecule has 4 rings (SSSR count). The zero-order valence-corrected chi connectivity index (χ0v) is 15.5. The molecule has 7 nitrogen and oxygen atoms in total. The molecule has 0 amide bonds. The molecule has 1 aromatic heterocycles. The number of para-hydroxylation sites is 1. The van der Waals surface area contributed by atoms with Crippen molar-refractivity contribution < 1.29 is 14.3 Å². The van der Waals surface area contributed by atoms with Gasteiger partial charge in [-0.2, -0.15) is 0 Å². The van der Waals surface area contributed by atoms with Crippen LogP contribution in [0.2, 0.25) is 0 Å². The lowest BCUT2D eigenvalue weighted by Crippen LogP contribution is -2.18. The van der Waals surface area contributed by atoms with E-state index in [2.05, 4.69) is 27.7 Å². The number of carbonyl (C=O) groups is 1. The summed E-state index contributed by atoms with van der Waals surface area (Å²) in [5.74, 6) is 0.563. The maximum Gasteiger partial charge on any atom is 0.349 e. The molecule has 0 fully saturated rings. The first kappa shape index (κ1) is 18.4. The van der Waals surface area contributed by atoms with E-state index in [9.17, 15) is 4.79 Å². The van der Waals surface area contributed by atoms with Gasteiger partial charge in [-0.25, -0.2) is 9.48 Å². The topological polar surface area (TPSA) is 79.1 Å². The first-order valence-electron chi connectivity index (χ1n) is 9.07. The summed E-state index contributed by atoms with van der Waals surface area (Å²) in [5.41, 5.74) is 2.87. The van der Waals surface area contributed by atoms with Crippen LogP contribution < -0.4 is 9.47 Å². The standard InChI is InChI=1S/C22H18N4O3/c27-22(29-20-11-6-10-19(14-20)26-16-23-24-25-26)15-28-21-12-5-4-9-18(21)13-17-7-2-1-3-8-17/h1-12,14,16H,13,15H2. The lowest BCUT2D eigenvalue weighted by Gasteiger charge is -2.11. The molecule has 0 unspecified atom stereocenters.